The van der Waals surface area contributed by atoms with Crippen LogP contribution in [0.15, 0.2) is 66.7 Å². The molecule has 0 bridgehead atoms. The summed E-state index contributed by atoms with van der Waals surface area (Å²) in [4.78, 5) is 37.1. The fourth-order valence-corrected chi connectivity index (χ4v) is 3.59. The maximum Gasteiger partial charge on any atom is 0.319 e. The highest BCUT2D eigenvalue weighted by atomic mass is 16.2. The second-order valence-electron chi connectivity index (χ2n) is 7.54. The van der Waals surface area contributed by atoms with Crippen LogP contribution in [0.4, 0.5) is 16.2 Å². The molecule has 2 aliphatic rings. The number of benzene rings is 3. The number of fused-ring (bicyclic) bond motifs is 3. The van der Waals surface area contributed by atoms with Crippen molar-refractivity contribution in [2.75, 3.05) is 10.6 Å². The normalized spacial score (nSPS) is 13.9. The molecule has 1 fully saturated rings. The second-order valence-corrected chi connectivity index (χ2v) is 7.54. The van der Waals surface area contributed by atoms with E-state index in [4.69, 9.17) is 0 Å². The summed E-state index contributed by atoms with van der Waals surface area (Å²) >= 11 is 0. The van der Waals surface area contributed by atoms with Crippen molar-refractivity contribution in [1.82, 2.24) is 5.32 Å². The Balaban J connectivity index is 1.28. The van der Waals surface area contributed by atoms with Crippen molar-refractivity contribution in [3.05, 3.63) is 83.4 Å². The van der Waals surface area contributed by atoms with Crippen LogP contribution in [0.2, 0.25) is 0 Å². The number of hydrogen-bond acceptors (Lipinski definition) is 3. The number of amides is 3. The molecule has 0 aliphatic heterocycles. The van der Waals surface area contributed by atoms with Crippen LogP contribution < -0.4 is 16.0 Å². The Bertz CT molecular complexity index is 1180. The molecular formula is C24H19N3O3. The molecule has 30 heavy (non-hydrogen) atoms. The van der Waals surface area contributed by atoms with Gasteiger partial charge in [-0.1, -0.05) is 30.3 Å². The molecule has 1 saturated carbocycles. The van der Waals surface area contributed by atoms with Crippen LogP contribution in [0.5, 0.6) is 0 Å². The Morgan fingerprint density at radius 1 is 0.733 bits per heavy atom. The fourth-order valence-electron chi connectivity index (χ4n) is 3.59. The zero-order valence-electron chi connectivity index (χ0n) is 16.1. The van der Waals surface area contributed by atoms with Crippen molar-refractivity contribution in [3.8, 4) is 11.1 Å². The molecule has 0 heterocycles. The molecule has 5 rings (SSSR count). The summed E-state index contributed by atoms with van der Waals surface area (Å²) in [5, 5.41) is 8.45. The van der Waals surface area contributed by atoms with Gasteiger partial charge in [-0.2, -0.15) is 0 Å². The zero-order valence-corrected chi connectivity index (χ0v) is 16.1. The predicted octanol–water partition coefficient (Wildman–Crippen LogP) is 4.43. The van der Waals surface area contributed by atoms with Crippen LogP contribution in [0.1, 0.15) is 39.1 Å². The van der Waals surface area contributed by atoms with Crippen LogP contribution in [0.25, 0.3) is 11.1 Å². The predicted molar refractivity (Wildman–Crippen MR) is 115 cm³/mol. The summed E-state index contributed by atoms with van der Waals surface area (Å²) in [7, 11) is 0. The molecule has 3 aromatic rings. The molecule has 0 aromatic heterocycles. The molecule has 0 spiro atoms. The lowest BCUT2D eigenvalue weighted by Gasteiger charge is -2.09. The third-order valence-electron chi connectivity index (χ3n) is 5.30. The quantitative estimate of drug-likeness (QED) is 0.476. The lowest BCUT2D eigenvalue weighted by Crippen LogP contribution is -2.30. The highest BCUT2D eigenvalue weighted by molar-refractivity contribution is 6.22. The monoisotopic (exact) mass is 397 g/mol. The van der Waals surface area contributed by atoms with Crippen molar-refractivity contribution in [1.29, 1.82) is 0 Å². The third kappa shape index (κ3) is 3.43. The lowest BCUT2D eigenvalue weighted by atomic mass is 10.0. The average molecular weight is 397 g/mol. The molecule has 2 aliphatic carbocycles. The van der Waals surface area contributed by atoms with Gasteiger partial charge in [0.2, 0.25) is 0 Å². The average Bonchev–Trinajstić information content (AvgIpc) is 3.53. The Kier molecular flexibility index (Phi) is 4.32. The van der Waals surface area contributed by atoms with Crippen molar-refractivity contribution in [2.45, 2.75) is 18.9 Å². The first-order chi connectivity index (χ1) is 14.6. The first kappa shape index (κ1) is 18.1. The number of ketones is 1. The number of carbonyl (C=O) groups is 3. The second kappa shape index (κ2) is 7.15. The summed E-state index contributed by atoms with van der Waals surface area (Å²) in [5.74, 6) is -0.358. The van der Waals surface area contributed by atoms with Gasteiger partial charge in [-0.3, -0.25) is 9.59 Å². The first-order valence-electron chi connectivity index (χ1n) is 9.85. The van der Waals surface area contributed by atoms with E-state index in [0.29, 0.717) is 28.1 Å². The molecule has 0 atom stereocenters. The van der Waals surface area contributed by atoms with Gasteiger partial charge >= 0.3 is 6.03 Å². The van der Waals surface area contributed by atoms with E-state index in [1.165, 1.54) is 0 Å². The number of nitrogens with one attached hydrogen (secondary N) is 3. The van der Waals surface area contributed by atoms with E-state index in [-0.39, 0.29) is 23.8 Å². The lowest BCUT2D eigenvalue weighted by molar-refractivity contribution is 0.102. The van der Waals surface area contributed by atoms with Crippen LogP contribution in [-0.2, 0) is 0 Å². The van der Waals surface area contributed by atoms with Gasteiger partial charge in [0.05, 0.1) is 0 Å². The SMILES string of the molecule is O=C(Nc1ccc(NC(=O)c2ccc3c(c2)C(=O)c2ccccc2-3)cc1)NC1CC1. The molecule has 0 radical (unpaired) electrons. The molecule has 6 heteroatoms. The molecule has 3 N–H and O–H groups in total. The Hall–Kier alpha value is -3.93. The Morgan fingerprint density at radius 2 is 1.37 bits per heavy atom. The molecule has 0 saturated heterocycles. The number of rotatable bonds is 4. The zero-order chi connectivity index (χ0) is 20.7. The molecular weight excluding hydrogens is 378 g/mol. The molecule has 3 aromatic carbocycles. The Labute approximate surface area is 173 Å². The van der Waals surface area contributed by atoms with E-state index in [0.717, 1.165) is 24.0 Å². The van der Waals surface area contributed by atoms with Gasteiger partial charge in [0.1, 0.15) is 0 Å². The van der Waals surface area contributed by atoms with Crippen LogP contribution in [-0.4, -0.2) is 23.8 Å². The Morgan fingerprint density at radius 3 is 2.07 bits per heavy atom. The summed E-state index contributed by atoms with van der Waals surface area (Å²) in [6.45, 7) is 0. The van der Waals surface area contributed by atoms with E-state index >= 15 is 0 Å². The van der Waals surface area contributed by atoms with Gasteiger partial charge in [-0.15, -0.1) is 0 Å². The minimum Gasteiger partial charge on any atom is -0.335 e. The van der Waals surface area contributed by atoms with Crippen molar-refractivity contribution in [2.24, 2.45) is 0 Å². The molecule has 3 amide bonds. The van der Waals surface area contributed by atoms with E-state index < -0.39 is 0 Å². The van der Waals surface area contributed by atoms with Gasteiger partial charge in [0.15, 0.2) is 5.78 Å². The highest BCUT2D eigenvalue weighted by Crippen LogP contribution is 2.36. The third-order valence-corrected chi connectivity index (χ3v) is 5.30. The van der Waals surface area contributed by atoms with E-state index in [1.54, 1.807) is 42.5 Å². The fraction of sp³-hybridized carbons (Fsp3) is 0.125. The van der Waals surface area contributed by atoms with Crippen molar-refractivity contribution < 1.29 is 14.4 Å². The first-order valence-corrected chi connectivity index (χ1v) is 9.85. The molecule has 0 unspecified atom stereocenters. The van der Waals surface area contributed by atoms with E-state index in [9.17, 15) is 14.4 Å². The van der Waals surface area contributed by atoms with Crippen LogP contribution >= 0.6 is 0 Å². The minimum absolute atomic E-state index is 0.0600. The number of urea groups is 1. The van der Waals surface area contributed by atoms with Crippen LogP contribution in [0.3, 0.4) is 0 Å². The highest BCUT2D eigenvalue weighted by Gasteiger charge is 2.27. The number of anilines is 2. The number of carbonyl (C=O) groups excluding carboxylic acids is 3. The van der Waals surface area contributed by atoms with E-state index in [2.05, 4.69) is 16.0 Å². The standard InChI is InChI=1S/C24H19N3O3/c28-22-20-4-2-1-3-18(20)19-12-5-14(13-21(19)22)23(29)25-15-6-8-16(9-7-15)26-24(30)27-17-10-11-17/h1-9,12-13,17H,10-11H2,(H,25,29)(H2,26,27,30). The topological polar surface area (TPSA) is 87.3 Å². The smallest absolute Gasteiger partial charge is 0.319 e. The van der Waals surface area contributed by atoms with Gasteiger partial charge in [0, 0.05) is 34.1 Å². The largest absolute Gasteiger partial charge is 0.335 e. The van der Waals surface area contributed by atoms with Gasteiger partial charge in [0.25, 0.3) is 5.91 Å². The van der Waals surface area contributed by atoms with Crippen molar-refractivity contribution in [3.63, 3.8) is 0 Å². The summed E-state index contributed by atoms with van der Waals surface area (Å²) in [6, 6.07) is 19.6. The minimum atomic E-state index is -0.297. The maximum absolute atomic E-state index is 12.7. The summed E-state index contributed by atoms with van der Waals surface area (Å²) in [6.07, 6.45) is 2.05. The maximum atomic E-state index is 12.7. The number of hydrogen-bond donors (Lipinski definition) is 3. The summed E-state index contributed by atoms with van der Waals surface area (Å²) < 4.78 is 0. The van der Waals surface area contributed by atoms with Crippen LogP contribution in [0, 0.1) is 0 Å². The van der Waals surface area contributed by atoms with Gasteiger partial charge in [-0.25, -0.2) is 4.79 Å². The van der Waals surface area contributed by atoms with Crippen molar-refractivity contribution >= 4 is 29.1 Å². The summed E-state index contributed by atoms with van der Waals surface area (Å²) in [5.41, 5.74) is 4.63. The van der Waals surface area contributed by atoms with Gasteiger partial charge in [-0.05, 0) is 60.4 Å². The molecule has 6 nitrogen and oxygen atoms in total. The van der Waals surface area contributed by atoms with Gasteiger partial charge < -0.3 is 16.0 Å². The van der Waals surface area contributed by atoms with E-state index in [1.807, 2.05) is 24.3 Å². The molecule has 148 valence electrons.